The van der Waals surface area contributed by atoms with E-state index in [1.165, 1.54) is 6.42 Å². The predicted octanol–water partition coefficient (Wildman–Crippen LogP) is 1.34. The van der Waals surface area contributed by atoms with Crippen molar-refractivity contribution >= 4 is 9.28 Å². The van der Waals surface area contributed by atoms with Crippen LogP contribution in [0.5, 0.6) is 0 Å². The second kappa shape index (κ2) is 5.69. The first-order chi connectivity index (χ1) is 5.86. The summed E-state index contributed by atoms with van der Waals surface area (Å²) in [5.41, 5.74) is 0. The fourth-order valence-corrected chi connectivity index (χ4v) is 2.77. The summed E-state index contributed by atoms with van der Waals surface area (Å²) in [6.07, 6.45) is 1.59. The molecule has 1 radical (unpaired) electrons. The van der Waals surface area contributed by atoms with Gasteiger partial charge in [-0.2, -0.15) is 0 Å². The van der Waals surface area contributed by atoms with Gasteiger partial charge in [0.15, 0.2) is 0 Å². The van der Waals surface area contributed by atoms with Crippen LogP contribution in [0.25, 0.3) is 0 Å². The molecular formula is C8H17O3Si. The molecule has 0 aromatic carbocycles. The van der Waals surface area contributed by atoms with Gasteiger partial charge in [-0.3, -0.25) is 0 Å². The number of ether oxygens (including phenoxy) is 1. The van der Waals surface area contributed by atoms with Crippen molar-refractivity contribution in [2.75, 3.05) is 19.8 Å². The Hall–Kier alpha value is 0.0969. The van der Waals surface area contributed by atoms with Gasteiger partial charge in [-0.25, -0.2) is 0 Å². The van der Waals surface area contributed by atoms with E-state index >= 15 is 0 Å². The van der Waals surface area contributed by atoms with Crippen molar-refractivity contribution in [1.29, 1.82) is 0 Å². The van der Waals surface area contributed by atoms with Gasteiger partial charge < -0.3 is 13.6 Å². The molecule has 0 aromatic heterocycles. The lowest BCUT2D eigenvalue weighted by molar-refractivity contribution is -0.0420. The van der Waals surface area contributed by atoms with E-state index in [2.05, 4.69) is 0 Å². The summed E-state index contributed by atoms with van der Waals surface area (Å²) in [6, 6.07) is 0.979. The van der Waals surface area contributed by atoms with Crippen molar-refractivity contribution in [2.45, 2.75) is 32.4 Å². The van der Waals surface area contributed by atoms with Crippen LogP contribution >= 0.6 is 0 Å². The fraction of sp³-hybridized carbons (Fsp3) is 1.00. The molecule has 0 saturated carbocycles. The Morgan fingerprint density at radius 2 is 1.92 bits per heavy atom. The van der Waals surface area contributed by atoms with E-state index in [0.29, 0.717) is 6.10 Å². The summed E-state index contributed by atoms with van der Waals surface area (Å²) in [4.78, 5) is 0. The Morgan fingerprint density at radius 3 is 2.25 bits per heavy atom. The van der Waals surface area contributed by atoms with Crippen LogP contribution in [0.2, 0.25) is 6.04 Å². The first kappa shape index (κ1) is 10.2. The van der Waals surface area contributed by atoms with Gasteiger partial charge in [0, 0.05) is 25.9 Å². The minimum absolute atomic E-state index is 0.414. The second-order valence-electron chi connectivity index (χ2n) is 2.72. The molecule has 0 aliphatic carbocycles. The van der Waals surface area contributed by atoms with Crippen LogP contribution in [0.1, 0.15) is 20.3 Å². The average molecular weight is 189 g/mol. The highest BCUT2D eigenvalue weighted by Crippen LogP contribution is 2.17. The smallest absolute Gasteiger partial charge is 0.387 e. The molecule has 1 unspecified atom stereocenters. The lowest BCUT2D eigenvalue weighted by Crippen LogP contribution is -2.35. The number of hydrogen-bond acceptors (Lipinski definition) is 3. The Balaban J connectivity index is 2.11. The van der Waals surface area contributed by atoms with E-state index in [1.807, 2.05) is 13.8 Å². The van der Waals surface area contributed by atoms with Crippen molar-refractivity contribution in [3.8, 4) is 0 Å². The first-order valence-corrected chi connectivity index (χ1v) is 6.12. The first-order valence-electron chi connectivity index (χ1n) is 4.59. The molecule has 71 valence electrons. The van der Waals surface area contributed by atoms with Gasteiger partial charge in [-0.05, 0) is 20.3 Å². The van der Waals surface area contributed by atoms with Crippen LogP contribution in [0.4, 0.5) is 0 Å². The monoisotopic (exact) mass is 189 g/mol. The van der Waals surface area contributed by atoms with Gasteiger partial charge in [0.1, 0.15) is 0 Å². The molecule has 1 rings (SSSR count). The van der Waals surface area contributed by atoms with Crippen LogP contribution in [-0.2, 0) is 13.6 Å². The summed E-state index contributed by atoms with van der Waals surface area (Å²) in [7, 11) is -1.03. The lowest BCUT2D eigenvalue weighted by Gasteiger charge is -2.28. The maximum Gasteiger partial charge on any atom is 0.387 e. The molecule has 1 fully saturated rings. The number of hydrogen-bond donors (Lipinski definition) is 0. The summed E-state index contributed by atoms with van der Waals surface area (Å²) in [5.74, 6) is 0. The van der Waals surface area contributed by atoms with Gasteiger partial charge in [0.2, 0.25) is 0 Å². The van der Waals surface area contributed by atoms with Crippen LogP contribution in [0.3, 0.4) is 0 Å². The summed E-state index contributed by atoms with van der Waals surface area (Å²) < 4.78 is 16.3. The lowest BCUT2D eigenvalue weighted by atomic mass is 10.2. The van der Waals surface area contributed by atoms with Gasteiger partial charge in [-0.15, -0.1) is 0 Å². The maximum absolute atomic E-state index is 5.49. The van der Waals surface area contributed by atoms with Gasteiger partial charge in [-0.1, -0.05) is 0 Å². The molecule has 0 amide bonds. The largest absolute Gasteiger partial charge is 0.394 e. The molecule has 1 aliphatic rings. The third-order valence-electron chi connectivity index (χ3n) is 1.80. The molecule has 0 aromatic rings. The summed E-state index contributed by atoms with van der Waals surface area (Å²) in [5, 5.41) is 0. The molecular weight excluding hydrogens is 172 g/mol. The Bertz CT molecular complexity index is 111. The van der Waals surface area contributed by atoms with E-state index in [9.17, 15) is 0 Å². The predicted molar refractivity (Wildman–Crippen MR) is 48.2 cm³/mol. The molecule has 1 atom stereocenters. The highest BCUT2D eigenvalue weighted by molar-refractivity contribution is 6.44. The van der Waals surface area contributed by atoms with E-state index in [1.54, 1.807) is 0 Å². The van der Waals surface area contributed by atoms with Crippen molar-refractivity contribution < 1.29 is 13.6 Å². The topological polar surface area (TPSA) is 27.7 Å². The molecule has 0 N–H and O–H groups in total. The molecule has 12 heavy (non-hydrogen) atoms. The van der Waals surface area contributed by atoms with Crippen molar-refractivity contribution in [3.05, 3.63) is 0 Å². The third-order valence-corrected chi connectivity index (χ3v) is 3.81. The summed E-state index contributed by atoms with van der Waals surface area (Å²) >= 11 is 0. The van der Waals surface area contributed by atoms with E-state index in [-0.39, 0.29) is 0 Å². The van der Waals surface area contributed by atoms with Crippen molar-refractivity contribution in [3.63, 3.8) is 0 Å². The van der Waals surface area contributed by atoms with Crippen LogP contribution < -0.4 is 0 Å². The second-order valence-corrected chi connectivity index (χ2v) is 4.45. The van der Waals surface area contributed by atoms with Crippen molar-refractivity contribution in [1.82, 2.24) is 0 Å². The minimum atomic E-state index is -1.03. The van der Waals surface area contributed by atoms with E-state index in [0.717, 1.165) is 25.9 Å². The zero-order chi connectivity index (χ0) is 8.81. The molecule has 1 aliphatic heterocycles. The highest BCUT2D eigenvalue weighted by Gasteiger charge is 2.26. The Kier molecular flexibility index (Phi) is 4.83. The molecule has 4 heteroatoms. The molecule has 3 nitrogen and oxygen atoms in total. The van der Waals surface area contributed by atoms with Gasteiger partial charge in [0.05, 0.1) is 6.10 Å². The molecule has 0 bridgehead atoms. The van der Waals surface area contributed by atoms with Gasteiger partial charge >= 0.3 is 9.28 Å². The SMILES string of the molecule is CCO[Si](CC1CCO1)OCC. The molecule has 0 spiro atoms. The van der Waals surface area contributed by atoms with E-state index < -0.39 is 9.28 Å². The molecule has 1 saturated heterocycles. The quantitative estimate of drug-likeness (QED) is 0.590. The standard InChI is InChI=1S/C8H17O3Si/c1-3-10-12(11-4-2)7-8-5-6-9-8/h8H,3-7H2,1-2H3. The number of rotatable bonds is 6. The maximum atomic E-state index is 5.49. The van der Waals surface area contributed by atoms with Crippen molar-refractivity contribution in [2.24, 2.45) is 0 Å². The summed E-state index contributed by atoms with van der Waals surface area (Å²) in [6.45, 7) is 6.43. The third kappa shape index (κ3) is 3.22. The minimum Gasteiger partial charge on any atom is -0.394 e. The van der Waals surface area contributed by atoms with Crippen LogP contribution in [-0.4, -0.2) is 35.2 Å². The average Bonchev–Trinajstić information content (AvgIpc) is 1.97. The van der Waals surface area contributed by atoms with Crippen LogP contribution in [0, 0.1) is 0 Å². The highest BCUT2D eigenvalue weighted by atomic mass is 28.3. The zero-order valence-corrected chi connectivity index (χ0v) is 8.84. The normalized spacial score (nSPS) is 22.8. The van der Waals surface area contributed by atoms with Gasteiger partial charge in [0.25, 0.3) is 0 Å². The van der Waals surface area contributed by atoms with E-state index in [4.69, 9.17) is 13.6 Å². The Labute approximate surface area is 75.9 Å². The molecule has 1 heterocycles. The van der Waals surface area contributed by atoms with Crippen LogP contribution in [0.15, 0.2) is 0 Å². The zero-order valence-electron chi connectivity index (χ0n) is 7.84. The fourth-order valence-electron chi connectivity index (χ4n) is 1.11. The Morgan fingerprint density at radius 1 is 1.33 bits per heavy atom.